The number of carbonyl (C=O) groups is 1. The minimum absolute atomic E-state index is 0.0505. The van der Waals surface area contributed by atoms with Crippen LogP contribution in [0.2, 0.25) is 0 Å². The number of carbonyl (C=O) groups excluding carboxylic acids is 1. The Bertz CT molecular complexity index is 1050. The third-order valence-electron chi connectivity index (χ3n) is 3.56. The monoisotopic (exact) mass is 374 g/mol. The van der Waals surface area contributed by atoms with E-state index in [2.05, 4.69) is 10.3 Å². The maximum atomic E-state index is 13.9. The summed E-state index contributed by atoms with van der Waals surface area (Å²) in [5.41, 5.74) is 4.15. The number of primary amides is 1. The molecule has 1 amide bonds. The van der Waals surface area contributed by atoms with Gasteiger partial charge >= 0.3 is 0 Å². The molecule has 26 heavy (non-hydrogen) atoms. The van der Waals surface area contributed by atoms with Crippen LogP contribution in [0.25, 0.3) is 0 Å². The molecular formula is C17H12F2N4O2S. The molecule has 0 aliphatic heterocycles. The first-order valence-corrected chi connectivity index (χ1v) is 8.17. The van der Waals surface area contributed by atoms with Crippen molar-refractivity contribution < 1.29 is 13.6 Å². The zero-order valence-corrected chi connectivity index (χ0v) is 13.9. The van der Waals surface area contributed by atoms with E-state index in [9.17, 15) is 18.4 Å². The van der Waals surface area contributed by atoms with Crippen LogP contribution in [0.4, 0.5) is 20.2 Å². The summed E-state index contributed by atoms with van der Waals surface area (Å²) in [5.74, 6) is -2.33. The molecule has 0 spiro atoms. The molecule has 0 aliphatic carbocycles. The van der Waals surface area contributed by atoms with Crippen LogP contribution in [0.3, 0.4) is 0 Å². The number of thiophene rings is 1. The van der Waals surface area contributed by atoms with Gasteiger partial charge in [-0.25, -0.2) is 8.78 Å². The molecule has 3 aromatic rings. The average Bonchev–Trinajstić information content (AvgIpc) is 3.08. The largest absolute Gasteiger partial charge is 0.365 e. The molecule has 0 radical (unpaired) electrons. The molecular weight excluding hydrogens is 362 g/mol. The molecule has 0 saturated carbocycles. The molecule has 132 valence electrons. The van der Waals surface area contributed by atoms with Gasteiger partial charge in [0, 0.05) is 17.1 Å². The lowest BCUT2D eigenvalue weighted by Gasteiger charge is -2.12. The summed E-state index contributed by atoms with van der Waals surface area (Å²) in [7, 11) is 0. The van der Waals surface area contributed by atoms with Crippen molar-refractivity contribution in [2.24, 2.45) is 5.73 Å². The van der Waals surface area contributed by atoms with E-state index >= 15 is 0 Å². The topological polar surface area (TPSA) is 112 Å². The summed E-state index contributed by atoms with van der Waals surface area (Å²) in [6, 6.07) is 6.13. The van der Waals surface area contributed by atoms with Gasteiger partial charge in [-0.15, -0.1) is 11.3 Å². The molecule has 2 aromatic heterocycles. The van der Waals surface area contributed by atoms with E-state index in [4.69, 9.17) is 11.1 Å². The van der Waals surface area contributed by atoms with E-state index in [-0.39, 0.29) is 27.4 Å². The maximum absolute atomic E-state index is 13.9. The van der Waals surface area contributed by atoms with Gasteiger partial charge < -0.3 is 16.0 Å². The second kappa shape index (κ2) is 6.89. The molecule has 2 heterocycles. The normalized spacial score (nSPS) is 10.5. The number of nitrogens with two attached hydrogens (primary N) is 1. The van der Waals surface area contributed by atoms with Crippen LogP contribution >= 0.6 is 11.3 Å². The summed E-state index contributed by atoms with van der Waals surface area (Å²) in [6.07, 6.45) is 1.29. The summed E-state index contributed by atoms with van der Waals surface area (Å²) in [4.78, 5) is 26.1. The number of aromatic amines is 1. The lowest BCUT2D eigenvalue weighted by atomic mass is 10.0. The number of aromatic nitrogens is 1. The van der Waals surface area contributed by atoms with Crippen LogP contribution in [-0.4, -0.2) is 16.6 Å². The number of nitrogens with one attached hydrogen (secondary N) is 3. The van der Waals surface area contributed by atoms with Gasteiger partial charge in [0.05, 0.1) is 21.8 Å². The quantitative estimate of drug-likeness (QED) is 0.515. The molecule has 3 rings (SSSR count). The predicted octanol–water partition coefficient (Wildman–Crippen LogP) is 2.97. The Kier molecular flexibility index (Phi) is 4.63. The Morgan fingerprint density at radius 2 is 1.92 bits per heavy atom. The molecule has 0 bridgehead atoms. The number of halogens is 2. The van der Waals surface area contributed by atoms with E-state index in [1.165, 1.54) is 29.8 Å². The number of anilines is 2. The minimum Gasteiger partial charge on any atom is -0.365 e. The molecule has 1 aromatic carbocycles. The standard InChI is InChI=1S/C17H12F2N4O2S/c18-9-2-1-3-10(19)15(9)23-11-4-5-22-17(25)13(11)14(20)8-6-12(16(21)24)26-7-8/h1-7,20H,(H2,21,24)(H2,22,23,25). The van der Waals surface area contributed by atoms with Gasteiger partial charge in [-0.2, -0.15) is 0 Å². The summed E-state index contributed by atoms with van der Waals surface area (Å²) >= 11 is 1.03. The van der Waals surface area contributed by atoms with Crippen LogP contribution in [0.5, 0.6) is 0 Å². The van der Waals surface area contributed by atoms with Crippen molar-refractivity contribution in [3.63, 3.8) is 0 Å². The highest BCUT2D eigenvalue weighted by Gasteiger charge is 2.19. The van der Waals surface area contributed by atoms with Gasteiger partial charge in [-0.05, 0) is 24.3 Å². The van der Waals surface area contributed by atoms with Crippen LogP contribution in [0, 0.1) is 17.0 Å². The number of hydrogen-bond donors (Lipinski definition) is 4. The van der Waals surface area contributed by atoms with Gasteiger partial charge in [-0.3, -0.25) is 15.0 Å². The Morgan fingerprint density at radius 1 is 1.23 bits per heavy atom. The third-order valence-corrected chi connectivity index (χ3v) is 4.51. The highest BCUT2D eigenvalue weighted by molar-refractivity contribution is 7.12. The van der Waals surface area contributed by atoms with E-state index in [0.717, 1.165) is 23.5 Å². The van der Waals surface area contributed by atoms with Gasteiger partial charge in [0.2, 0.25) is 0 Å². The number of H-pyrrole nitrogens is 1. The molecule has 6 nitrogen and oxygen atoms in total. The average molecular weight is 374 g/mol. The van der Waals surface area contributed by atoms with Crippen LogP contribution in [-0.2, 0) is 0 Å². The zero-order valence-electron chi connectivity index (χ0n) is 13.1. The van der Waals surface area contributed by atoms with Crippen molar-refractivity contribution >= 4 is 34.3 Å². The van der Waals surface area contributed by atoms with Gasteiger partial charge in [0.15, 0.2) is 0 Å². The SMILES string of the molecule is N=C(c1csc(C(N)=O)c1)c1c(Nc2c(F)cccc2F)cc[nH]c1=O. The lowest BCUT2D eigenvalue weighted by molar-refractivity contribution is 0.100. The summed E-state index contributed by atoms with van der Waals surface area (Å²) in [6.45, 7) is 0. The Morgan fingerprint density at radius 3 is 2.54 bits per heavy atom. The number of benzene rings is 1. The van der Waals surface area contributed by atoms with E-state index < -0.39 is 28.8 Å². The van der Waals surface area contributed by atoms with Gasteiger partial charge in [0.25, 0.3) is 11.5 Å². The van der Waals surface area contributed by atoms with Gasteiger partial charge in [0.1, 0.15) is 17.3 Å². The first kappa shape index (κ1) is 17.5. The van der Waals surface area contributed by atoms with E-state index in [0.29, 0.717) is 0 Å². The van der Waals surface area contributed by atoms with Crippen molar-refractivity contribution in [2.75, 3.05) is 5.32 Å². The molecule has 0 aliphatic rings. The fourth-order valence-corrected chi connectivity index (χ4v) is 3.07. The Hall–Kier alpha value is -3.33. The number of rotatable bonds is 5. The second-order valence-electron chi connectivity index (χ2n) is 5.26. The predicted molar refractivity (Wildman–Crippen MR) is 95.5 cm³/mol. The lowest BCUT2D eigenvalue weighted by Crippen LogP contribution is -2.20. The number of amides is 1. The van der Waals surface area contributed by atoms with Crippen molar-refractivity contribution in [1.29, 1.82) is 5.41 Å². The molecule has 0 atom stereocenters. The number of pyridine rings is 1. The first-order valence-electron chi connectivity index (χ1n) is 7.29. The smallest absolute Gasteiger partial charge is 0.259 e. The Balaban J connectivity index is 2.06. The number of para-hydroxylation sites is 1. The van der Waals surface area contributed by atoms with Crippen molar-refractivity contribution in [3.05, 3.63) is 79.9 Å². The molecule has 5 N–H and O–H groups in total. The van der Waals surface area contributed by atoms with E-state index in [1.807, 2.05) is 0 Å². The van der Waals surface area contributed by atoms with Crippen LogP contribution in [0.15, 0.2) is 46.7 Å². The number of hydrogen-bond acceptors (Lipinski definition) is 5. The molecule has 0 unspecified atom stereocenters. The fourth-order valence-electron chi connectivity index (χ4n) is 2.32. The van der Waals surface area contributed by atoms with Crippen LogP contribution < -0.4 is 16.6 Å². The fraction of sp³-hybridized carbons (Fsp3) is 0. The van der Waals surface area contributed by atoms with Crippen molar-refractivity contribution in [2.45, 2.75) is 0 Å². The van der Waals surface area contributed by atoms with E-state index in [1.54, 1.807) is 0 Å². The highest BCUT2D eigenvalue weighted by Crippen LogP contribution is 2.26. The Labute approximate surface area is 149 Å². The summed E-state index contributed by atoms with van der Waals surface area (Å²) in [5, 5.41) is 12.3. The zero-order chi connectivity index (χ0) is 18.8. The van der Waals surface area contributed by atoms with Gasteiger partial charge in [-0.1, -0.05) is 6.07 Å². The van der Waals surface area contributed by atoms with Crippen molar-refractivity contribution in [1.82, 2.24) is 4.98 Å². The summed E-state index contributed by atoms with van der Waals surface area (Å²) < 4.78 is 27.8. The third kappa shape index (κ3) is 3.24. The highest BCUT2D eigenvalue weighted by atomic mass is 32.1. The second-order valence-corrected chi connectivity index (χ2v) is 6.17. The van der Waals surface area contributed by atoms with Crippen LogP contribution in [0.1, 0.15) is 20.8 Å². The minimum atomic E-state index is -0.839. The molecule has 0 fully saturated rings. The molecule has 9 heteroatoms. The maximum Gasteiger partial charge on any atom is 0.259 e. The first-order chi connectivity index (χ1) is 12.4. The van der Waals surface area contributed by atoms with Crippen molar-refractivity contribution in [3.8, 4) is 0 Å². The molecule has 0 saturated heterocycles.